The van der Waals surface area contributed by atoms with Gasteiger partial charge in [-0.3, -0.25) is 4.72 Å². The summed E-state index contributed by atoms with van der Waals surface area (Å²) >= 11 is 12.1. The third kappa shape index (κ3) is 4.80. The van der Waals surface area contributed by atoms with Crippen molar-refractivity contribution in [2.24, 2.45) is 0 Å². The van der Waals surface area contributed by atoms with Gasteiger partial charge in [-0.2, -0.15) is 0 Å². The van der Waals surface area contributed by atoms with Crippen LogP contribution in [0.2, 0.25) is 10.0 Å². The van der Waals surface area contributed by atoms with E-state index in [1.165, 1.54) is 23.8 Å². The Labute approximate surface area is 196 Å². The van der Waals surface area contributed by atoms with Crippen molar-refractivity contribution in [2.45, 2.75) is 24.7 Å². The first-order chi connectivity index (χ1) is 15.2. The molecular formula is C23H20Cl2N4O2S. The van der Waals surface area contributed by atoms with Gasteiger partial charge < -0.3 is 5.32 Å². The first-order valence-electron chi connectivity index (χ1n) is 9.84. The number of hydrogen-bond acceptors (Lipinski definition) is 5. The molecule has 0 radical (unpaired) electrons. The second-order valence-electron chi connectivity index (χ2n) is 7.49. The minimum atomic E-state index is -4.08. The zero-order chi connectivity index (χ0) is 22.9. The number of para-hydroxylation sites is 2. The Bertz CT molecular complexity index is 1390. The molecule has 0 fully saturated rings. The number of sulfonamides is 1. The number of halogens is 2. The van der Waals surface area contributed by atoms with Crippen LogP contribution in [-0.2, 0) is 10.0 Å². The molecule has 0 spiro atoms. The van der Waals surface area contributed by atoms with Crippen LogP contribution in [0.4, 0.5) is 17.3 Å². The van der Waals surface area contributed by atoms with E-state index in [9.17, 15) is 8.42 Å². The predicted molar refractivity (Wildman–Crippen MR) is 131 cm³/mol. The van der Waals surface area contributed by atoms with E-state index in [1.54, 1.807) is 12.1 Å². The van der Waals surface area contributed by atoms with Gasteiger partial charge in [0.2, 0.25) is 0 Å². The van der Waals surface area contributed by atoms with Crippen LogP contribution in [0, 0.1) is 0 Å². The van der Waals surface area contributed by atoms with Crippen molar-refractivity contribution >= 4 is 61.6 Å². The van der Waals surface area contributed by atoms with Gasteiger partial charge in [-0.1, -0.05) is 61.3 Å². The monoisotopic (exact) mass is 486 g/mol. The number of nitrogens with one attached hydrogen (secondary N) is 2. The number of benzene rings is 3. The Morgan fingerprint density at radius 3 is 2.09 bits per heavy atom. The summed E-state index contributed by atoms with van der Waals surface area (Å²) in [5.41, 5.74) is 3.11. The molecule has 0 amide bonds. The maximum atomic E-state index is 13.1. The third-order valence-electron chi connectivity index (χ3n) is 4.82. The predicted octanol–water partition coefficient (Wildman–Crippen LogP) is 6.60. The summed E-state index contributed by atoms with van der Waals surface area (Å²) in [7, 11) is -4.08. The van der Waals surface area contributed by atoms with Gasteiger partial charge in [-0.05, 0) is 53.9 Å². The number of nitrogens with zero attached hydrogens (tertiary/aromatic N) is 2. The standard InChI is InChI=1S/C23H20Cl2N4O2S/c1-14(2)15-7-10-17(11-8-15)26-22-23(28-20-6-4-3-5-19(20)27-22)29-32(30,31)21-13-16(24)9-12-18(21)25/h3-14H,1-2H3,(H,26,27)(H,28,29). The van der Waals surface area contributed by atoms with E-state index in [1.807, 2.05) is 36.4 Å². The van der Waals surface area contributed by atoms with E-state index in [0.717, 1.165) is 5.69 Å². The number of fused-ring (bicyclic) bond motifs is 1. The van der Waals surface area contributed by atoms with E-state index >= 15 is 0 Å². The van der Waals surface area contributed by atoms with E-state index in [4.69, 9.17) is 23.2 Å². The summed E-state index contributed by atoms with van der Waals surface area (Å²) in [5.74, 6) is 0.713. The highest BCUT2D eigenvalue weighted by atomic mass is 35.5. The lowest BCUT2D eigenvalue weighted by Crippen LogP contribution is -2.16. The van der Waals surface area contributed by atoms with Crippen LogP contribution < -0.4 is 10.0 Å². The highest BCUT2D eigenvalue weighted by Gasteiger charge is 2.22. The van der Waals surface area contributed by atoms with Gasteiger partial charge in [0.05, 0.1) is 16.1 Å². The van der Waals surface area contributed by atoms with E-state index < -0.39 is 10.0 Å². The van der Waals surface area contributed by atoms with E-state index in [2.05, 4.69) is 33.9 Å². The molecule has 0 aliphatic rings. The zero-order valence-corrected chi connectivity index (χ0v) is 19.6. The quantitative estimate of drug-likeness (QED) is 0.320. The summed E-state index contributed by atoms with van der Waals surface area (Å²) in [6.07, 6.45) is 0. The maximum absolute atomic E-state index is 13.1. The molecule has 0 bridgehead atoms. The molecule has 0 saturated heterocycles. The lowest BCUT2D eigenvalue weighted by Gasteiger charge is -2.15. The molecule has 4 rings (SSSR count). The van der Waals surface area contributed by atoms with Crippen molar-refractivity contribution in [2.75, 3.05) is 10.0 Å². The number of rotatable bonds is 6. The van der Waals surface area contributed by atoms with Crippen LogP contribution in [0.5, 0.6) is 0 Å². The van der Waals surface area contributed by atoms with Gasteiger partial charge >= 0.3 is 0 Å². The molecule has 0 unspecified atom stereocenters. The molecule has 0 aliphatic heterocycles. The summed E-state index contributed by atoms with van der Waals surface area (Å²) < 4.78 is 28.7. The fourth-order valence-corrected chi connectivity index (χ4v) is 4.88. The van der Waals surface area contributed by atoms with Gasteiger partial charge in [0.25, 0.3) is 10.0 Å². The van der Waals surface area contributed by atoms with Crippen LogP contribution in [0.25, 0.3) is 11.0 Å². The minimum Gasteiger partial charge on any atom is -0.337 e. The molecule has 164 valence electrons. The van der Waals surface area contributed by atoms with Crippen molar-refractivity contribution in [1.29, 1.82) is 0 Å². The maximum Gasteiger partial charge on any atom is 0.264 e. The summed E-state index contributed by atoms with van der Waals surface area (Å²) in [6, 6.07) is 19.3. The molecule has 4 aromatic rings. The largest absolute Gasteiger partial charge is 0.337 e. The molecule has 6 nitrogen and oxygen atoms in total. The van der Waals surface area contributed by atoms with Crippen LogP contribution >= 0.6 is 23.2 Å². The van der Waals surface area contributed by atoms with Crippen molar-refractivity contribution in [3.05, 3.63) is 82.3 Å². The number of aromatic nitrogens is 2. The minimum absolute atomic E-state index is 0.0488. The topological polar surface area (TPSA) is 84.0 Å². The number of hydrogen-bond donors (Lipinski definition) is 2. The highest BCUT2D eigenvalue weighted by molar-refractivity contribution is 7.92. The second kappa shape index (κ2) is 8.94. The van der Waals surface area contributed by atoms with E-state index in [-0.39, 0.29) is 26.6 Å². The summed E-state index contributed by atoms with van der Waals surface area (Å²) in [6.45, 7) is 4.23. The average molecular weight is 487 g/mol. The normalized spacial score (nSPS) is 11.7. The van der Waals surface area contributed by atoms with Gasteiger partial charge in [0.15, 0.2) is 11.6 Å². The molecule has 0 atom stereocenters. The first kappa shape index (κ1) is 22.3. The molecular weight excluding hydrogens is 467 g/mol. The second-order valence-corrected chi connectivity index (χ2v) is 9.99. The van der Waals surface area contributed by atoms with Crippen LogP contribution in [-0.4, -0.2) is 18.4 Å². The Morgan fingerprint density at radius 2 is 1.47 bits per heavy atom. The smallest absolute Gasteiger partial charge is 0.264 e. The fourth-order valence-electron chi connectivity index (χ4n) is 3.11. The zero-order valence-electron chi connectivity index (χ0n) is 17.3. The lowest BCUT2D eigenvalue weighted by atomic mass is 10.0. The van der Waals surface area contributed by atoms with Gasteiger partial charge in [-0.25, -0.2) is 18.4 Å². The van der Waals surface area contributed by atoms with E-state index in [0.29, 0.717) is 17.0 Å². The highest BCUT2D eigenvalue weighted by Crippen LogP contribution is 2.30. The van der Waals surface area contributed by atoms with Crippen molar-refractivity contribution in [3.8, 4) is 0 Å². The number of anilines is 3. The third-order valence-corrected chi connectivity index (χ3v) is 6.88. The SMILES string of the molecule is CC(C)c1ccc(Nc2nc3ccccc3nc2NS(=O)(=O)c2cc(Cl)ccc2Cl)cc1. The molecule has 0 saturated carbocycles. The molecule has 32 heavy (non-hydrogen) atoms. The Balaban J connectivity index is 1.76. The molecule has 1 aromatic heterocycles. The summed E-state index contributed by atoms with van der Waals surface area (Å²) in [4.78, 5) is 8.93. The molecule has 2 N–H and O–H groups in total. The molecule has 3 aromatic carbocycles. The van der Waals surface area contributed by atoms with Crippen LogP contribution in [0.1, 0.15) is 25.3 Å². The van der Waals surface area contributed by atoms with Gasteiger partial charge in [-0.15, -0.1) is 0 Å². The average Bonchev–Trinajstić information content (AvgIpc) is 2.76. The van der Waals surface area contributed by atoms with Gasteiger partial charge in [0.1, 0.15) is 4.90 Å². The Kier molecular flexibility index (Phi) is 6.24. The summed E-state index contributed by atoms with van der Waals surface area (Å²) in [5, 5.41) is 3.47. The van der Waals surface area contributed by atoms with Crippen LogP contribution in [0.3, 0.4) is 0 Å². The Hall–Kier alpha value is -2.87. The van der Waals surface area contributed by atoms with Crippen molar-refractivity contribution < 1.29 is 8.42 Å². The molecule has 9 heteroatoms. The van der Waals surface area contributed by atoms with Gasteiger partial charge in [0, 0.05) is 10.7 Å². The Morgan fingerprint density at radius 1 is 0.844 bits per heavy atom. The van der Waals surface area contributed by atoms with Crippen LogP contribution in [0.15, 0.2) is 71.6 Å². The fraction of sp³-hybridized carbons (Fsp3) is 0.130. The van der Waals surface area contributed by atoms with Crippen molar-refractivity contribution in [3.63, 3.8) is 0 Å². The molecule has 1 heterocycles. The molecule has 0 aliphatic carbocycles. The first-order valence-corrected chi connectivity index (χ1v) is 12.1. The van der Waals surface area contributed by atoms with Crippen molar-refractivity contribution in [1.82, 2.24) is 9.97 Å². The lowest BCUT2D eigenvalue weighted by molar-refractivity contribution is 0.601.